The molecule has 1 aromatic heterocycles. The van der Waals surface area contributed by atoms with Gasteiger partial charge in [-0.2, -0.15) is 4.98 Å². The van der Waals surface area contributed by atoms with Crippen LogP contribution in [0.25, 0.3) is 0 Å². The van der Waals surface area contributed by atoms with Crippen LogP contribution in [0.3, 0.4) is 0 Å². The molecule has 1 aliphatic carbocycles. The Hall–Kier alpha value is -1.47. The van der Waals surface area contributed by atoms with Gasteiger partial charge in [0.05, 0.1) is 24.7 Å². The van der Waals surface area contributed by atoms with Crippen LogP contribution in [0.5, 0.6) is 0 Å². The van der Waals surface area contributed by atoms with Crippen LogP contribution in [0.1, 0.15) is 37.4 Å². The van der Waals surface area contributed by atoms with E-state index in [9.17, 15) is 4.79 Å². The fourth-order valence-electron chi connectivity index (χ4n) is 4.06. The Kier molecular flexibility index (Phi) is 3.85. The SMILES string of the molecule is Cc1noc([C@]23COC[C@H]2CN(C(=O)COC2CCCC2)C3)n1. The minimum absolute atomic E-state index is 0.0573. The first kappa shape index (κ1) is 15.1. The summed E-state index contributed by atoms with van der Waals surface area (Å²) >= 11 is 0. The molecule has 2 atom stereocenters. The van der Waals surface area contributed by atoms with E-state index in [0.29, 0.717) is 38.0 Å². The van der Waals surface area contributed by atoms with Crippen molar-refractivity contribution < 1.29 is 18.8 Å². The molecule has 7 heteroatoms. The Morgan fingerprint density at radius 3 is 3.00 bits per heavy atom. The summed E-state index contributed by atoms with van der Waals surface area (Å²) in [6.07, 6.45) is 4.84. The van der Waals surface area contributed by atoms with Crippen molar-refractivity contribution in [2.75, 3.05) is 32.9 Å². The highest BCUT2D eigenvalue weighted by molar-refractivity contribution is 5.78. The number of aryl methyl sites for hydroxylation is 1. The summed E-state index contributed by atoms with van der Waals surface area (Å²) in [7, 11) is 0. The van der Waals surface area contributed by atoms with Crippen molar-refractivity contribution in [3.63, 3.8) is 0 Å². The Balaban J connectivity index is 1.43. The largest absolute Gasteiger partial charge is 0.380 e. The van der Waals surface area contributed by atoms with Gasteiger partial charge in [-0.1, -0.05) is 18.0 Å². The van der Waals surface area contributed by atoms with Crippen molar-refractivity contribution in [1.29, 1.82) is 0 Å². The third-order valence-corrected chi connectivity index (χ3v) is 5.42. The fourth-order valence-corrected chi connectivity index (χ4v) is 4.06. The van der Waals surface area contributed by atoms with E-state index >= 15 is 0 Å². The van der Waals surface area contributed by atoms with Gasteiger partial charge in [-0.05, 0) is 19.8 Å². The first-order chi connectivity index (χ1) is 11.2. The lowest BCUT2D eigenvalue weighted by Gasteiger charge is -2.23. The van der Waals surface area contributed by atoms with E-state index in [4.69, 9.17) is 14.0 Å². The summed E-state index contributed by atoms with van der Waals surface area (Å²) in [6, 6.07) is 0. The summed E-state index contributed by atoms with van der Waals surface area (Å²) in [5.74, 6) is 1.50. The number of ether oxygens (including phenoxy) is 2. The third kappa shape index (κ3) is 2.65. The zero-order valence-corrected chi connectivity index (χ0v) is 13.5. The van der Waals surface area contributed by atoms with Crippen molar-refractivity contribution >= 4 is 5.91 Å². The van der Waals surface area contributed by atoms with Gasteiger partial charge >= 0.3 is 0 Å². The Morgan fingerprint density at radius 1 is 1.43 bits per heavy atom. The first-order valence-corrected chi connectivity index (χ1v) is 8.45. The number of carbonyl (C=O) groups excluding carboxylic acids is 1. The van der Waals surface area contributed by atoms with Gasteiger partial charge in [0.15, 0.2) is 5.82 Å². The summed E-state index contributed by atoms with van der Waals surface area (Å²) in [5, 5.41) is 3.91. The predicted octanol–water partition coefficient (Wildman–Crippen LogP) is 1.06. The number of hydrogen-bond donors (Lipinski definition) is 0. The van der Waals surface area contributed by atoms with Gasteiger partial charge in [-0.25, -0.2) is 0 Å². The molecule has 23 heavy (non-hydrogen) atoms. The van der Waals surface area contributed by atoms with Crippen LogP contribution >= 0.6 is 0 Å². The minimum atomic E-state index is -0.343. The molecule has 0 unspecified atom stereocenters. The molecule has 2 saturated heterocycles. The average molecular weight is 321 g/mol. The highest BCUT2D eigenvalue weighted by Crippen LogP contribution is 2.43. The van der Waals surface area contributed by atoms with E-state index in [-0.39, 0.29) is 30.0 Å². The number of amides is 1. The predicted molar refractivity (Wildman–Crippen MR) is 79.8 cm³/mol. The molecule has 0 radical (unpaired) electrons. The summed E-state index contributed by atoms with van der Waals surface area (Å²) in [4.78, 5) is 18.8. The maximum Gasteiger partial charge on any atom is 0.248 e. The molecule has 0 bridgehead atoms. The lowest BCUT2D eigenvalue weighted by Crippen LogP contribution is -2.39. The zero-order valence-electron chi connectivity index (χ0n) is 13.5. The molecular formula is C16H23N3O4. The number of carbonyl (C=O) groups is 1. The molecule has 126 valence electrons. The molecule has 3 heterocycles. The van der Waals surface area contributed by atoms with Crippen LogP contribution in [0, 0.1) is 12.8 Å². The van der Waals surface area contributed by atoms with Crippen LogP contribution in [0.2, 0.25) is 0 Å². The smallest absolute Gasteiger partial charge is 0.248 e. The standard InChI is InChI=1S/C16H23N3O4/c1-11-17-15(23-18-11)16-9-19(6-12(16)7-21-10-16)14(20)8-22-13-4-2-3-5-13/h12-13H,2-10H2,1H3/t12-,16-/m1/s1. The fraction of sp³-hybridized carbons (Fsp3) is 0.812. The minimum Gasteiger partial charge on any atom is -0.380 e. The van der Waals surface area contributed by atoms with Crippen molar-refractivity contribution in [3.05, 3.63) is 11.7 Å². The van der Waals surface area contributed by atoms with Crippen LogP contribution in [0.15, 0.2) is 4.52 Å². The highest BCUT2D eigenvalue weighted by Gasteiger charge is 2.56. The molecule has 4 rings (SSSR count). The molecule has 3 aliphatic rings. The van der Waals surface area contributed by atoms with Gasteiger partial charge in [0, 0.05) is 19.0 Å². The lowest BCUT2D eigenvalue weighted by molar-refractivity contribution is -0.137. The Morgan fingerprint density at radius 2 is 2.26 bits per heavy atom. The normalized spacial score (nSPS) is 31.0. The van der Waals surface area contributed by atoms with E-state index < -0.39 is 0 Å². The molecule has 0 spiro atoms. The van der Waals surface area contributed by atoms with Crippen molar-refractivity contribution in [2.45, 2.75) is 44.1 Å². The Labute approximate surface area is 135 Å². The van der Waals surface area contributed by atoms with Gasteiger partial charge in [-0.15, -0.1) is 0 Å². The average Bonchev–Trinajstić information content (AvgIpc) is 3.27. The van der Waals surface area contributed by atoms with Crippen LogP contribution in [-0.2, 0) is 19.7 Å². The van der Waals surface area contributed by atoms with Gasteiger partial charge in [-0.3, -0.25) is 4.79 Å². The van der Waals surface area contributed by atoms with Crippen molar-refractivity contribution in [1.82, 2.24) is 15.0 Å². The van der Waals surface area contributed by atoms with Crippen LogP contribution < -0.4 is 0 Å². The summed E-state index contributed by atoms with van der Waals surface area (Å²) in [5.41, 5.74) is -0.343. The van der Waals surface area contributed by atoms with E-state index in [1.165, 1.54) is 12.8 Å². The lowest BCUT2D eigenvalue weighted by atomic mass is 9.81. The van der Waals surface area contributed by atoms with E-state index in [2.05, 4.69) is 10.1 Å². The summed E-state index contributed by atoms with van der Waals surface area (Å²) < 4.78 is 16.8. The van der Waals surface area contributed by atoms with Crippen LogP contribution in [-0.4, -0.2) is 60.0 Å². The topological polar surface area (TPSA) is 77.7 Å². The monoisotopic (exact) mass is 321 g/mol. The van der Waals surface area contributed by atoms with Gasteiger partial charge in [0.1, 0.15) is 6.61 Å². The second kappa shape index (κ2) is 5.87. The maximum absolute atomic E-state index is 12.5. The van der Waals surface area contributed by atoms with E-state index in [1.807, 2.05) is 11.8 Å². The number of likely N-dealkylation sites (tertiary alicyclic amines) is 1. The van der Waals surface area contributed by atoms with Crippen molar-refractivity contribution in [3.8, 4) is 0 Å². The number of fused-ring (bicyclic) bond motifs is 1. The number of nitrogens with zero attached hydrogens (tertiary/aromatic N) is 3. The molecule has 1 saturated carbocycles. The molecule has 3 fully saturated rings. The highest BCUT2D eigenvalue weighted by atomic mass is 16.5. The zero-order chi connectivity index (χ0) is 15.9. The Bertz CT molecular complexity index is 584. The van der Waals surface area contributed by atoms with Crippen LogP contribution in [0.4, 0.5) is 0 Å². The van der Waals surface area contributed by atoms with E-state index in [0.717, 1.165) is 12.8 Å². The number of aromatic nitrogens is 2. The third-order valence-electron chi connectivity index (χ3n) is 5.42. The van der Waals surface area contributed by atoms with Crippen molar-refractivity contribution in [2.24, 2.45) is 5.92 Å². The molecule has 2 aliphatic heterocycles. The van der Waals surface area contributed by atoms with Gasteiger partial charge in [0.25, 0.3) is 0 Å². The van der Waals surface area contributed by atoms with Gasteiger partial charge < -0.3 is 18.9 Å². The molecular weight excluding hydrogens is 298 g/mol. The summed E-state index contributed by atoms with van der Waals surface area (Å²) in [6.45, 7) is 4.40. The molecule has 7 nitrogen and oxygen atoms in total. The number of rotatable bonds is 4. The number of hydrogen-bond acceptors (Lipinski definition) is 6. The molecule has 1 amide bonds. The second-order valence-corrected chi connectivity index (χ2v) is 7.01. The quantitative estimate of drug-likeness (QED) is 0.825. The maximum atomic E-state index is 12.5. The first-order valence-electron chi connectivity index (χ1n) is 8.45. The van der Waals surface area contributed by atoms with E-state index in [1.54, 1.807) is 0 Å². The molecule has 0 N–H and O–H groups in total. The van der Waals surface area contributed by atoms with Gasteiger partial charge in [0.2, 0.25) is 11.8 Å². The molecule has 0 aromatic carbocycles. The second-order valence-electron chi connectivity index (χ2n) is 7.01. The molecule has 1 aromatic rings.